The first-order valence-electron chi connectivity index (χ1n) is 7.16. The van der Waals surface area contributed by atoms with Crippen molar-refractivity contribution in [3.63, 3.8) is 0 Å². The predicted molar refractivity (Wildman–Crippen MR) is 88.6 cm³/mol. The van der Waals surface area contributed by atoms with Crippen LogP contribution in [-0.2, 0) is 4.79 Å². The van der Waals surface area contributed by atoms with Crippen molar-refractivity contribution in [3.8, 4) is 0 Å². The molecular weight excluding hydrogens is 258 g/mol. The number of carbonyl (C=O) groups excluding carboxylic acids is 1. The third kappa shape index (κ3) is 4.32. The van der Waals surface area contributed by atoms with Crippen LogP contribution in [-0.4, -0.2) is 5.91 Å². The molecule has 0 atom stereocenters. The van der Waals surface area contributed by atoms with E-state index in [1.54, 1.807) is 6.08 Å². The van der Waals surface area contributed by atoms with E-state index in [2.05, 4.69) is 30.4 Å². The molecule has 2 rings (SSSR count). The normalized spacial score (nSPS) is 15.1. The van der Waals surface area contributed by atoms with Gasteiger partial charge in [0.15, 0.2) is 0 Å². The van der Waals surface area contributed by atoms with Crippen LogP contribution in [0, 0.1) is 6.92 Å². The van der Waals surface area contributed by atoms with E-state index in [4.69, 9.17) is 0 Å². The van der Waals surface area contributed by atoms with E-state index >= 15 is 0 Å². The Bertz CT molecular complexity index is 643. The van der Waals surface area contributed by atoms with E-state index in [1.807, 2.05) is 44.2 Å². The van der Waals surface area contributed by atoms with Crippen molar-refractivity contribution in [1.82, 2.24) is 5.32 Å². The third-order valence-electron chi connectivity index (χ3n) is 3.46. The molecule has 0 unspecified atom stereocenters. The van der Waals surface area contributed by atoms with Crippen molar-refractivity contribution >= 4 is 11.5 Å². The first-order chi connectivity index (χ1) is 10.1. The lowest BCUT2D eigenvalue weighted by Gasteiger charge is -2.07. The molecule has 108 valence electrons. The van der Waals surface area contributed by atoms with Gasteiger partial charge in [0.25, 0.3) is 0 Å². The Morgan fingerprint density at radius 1 is 1.10 bits per heavy atom. The van der Waals surface area contributed by atoms with Gasteiger partial charge in [-0.3, -0.25) is 4.79 Å². The molecule has 1 aliphatic carbocycles. The summed E-state index contributed by atoms with van der Waals surface area (Å²) in [6, 6.07) is 8.17. The van der Waals surface area contributed by atoms with Crippen LogP contribution in [0.3, 0.4) is 0 Å². The Balaban J connectivity index is 2.12. The topological polar surface area (TPSA) is 29.1 Å². The van der Waals surface area contributed by atoms with Crippen LogP contribution in [0.25, 0.3) is 5.57 Å². The highest BCUT2D eigenvalue weighted by Gasteiger charge is 2.05. The zero-order valence-corrected chi connectivity index (χ0v) is 12.8. The second kappa shape index (κ2) is 6.89. The third-order valence-corrected chi connectivity index (χ3v) is 3.46. The highest BCUT2D eigenvalue weighted by Crippen LogP contribution is 2.15. The summed E-state index contributed by atoms with van der Waals surface area (Å²) in [7, 11) is 0. The van der Waals surface area contributed by atoms with Crippen molar-refractivity contribution in [2.45, 2.75) is 27.2 Å². The number of amides is 1. The highest BCUT2D eigenvalue weighted by molar-refractivity contribution is 5.96. The summed E-state index contributed by atoms with van der Waals surface area (Å²) in [5.74, 6) is -0.0950. The van der Waals surface area contributed by atoms with Crippen molar-refractivity contribution < 1.29 is 4.79 Å². The number of benzene rings is 1. The Morgan fingerprint density at radius 3 is 2.48 bits per heavy atom. The highest BCUT2D eigenvalue weighted by atomic mass is 16.1. The fourth-order valence-electron chi connectivity index (χ4n) is 2.14. The summed E-state index contributed by atoms with van der Waals surface area (Å²) in [5, 5.41) is 2.95. The molecule has 1 amide bonds. The second-order valence-corrected chi connectivity index (χ2v) is 5.32. The van der Waals surface area contributed by atoms with E-state index in [0.29, 0.717) is 0 Å². The summed E-state index contributed by atoms with van der Waals surface area (Å²) in [5.41, 5.74) is 5.17. The van der Waals surface area contributed by atoms with Gasteiger partial charge in [0.1, 0.15) is 0 Å². The second-order valence-electron chi connectivity index (χ2n) is 5.32. The molecule has 0 bridgehead atoms. The standard InChI is InChI=1S/C19H21NO/c1-14-9-11-17(12-10-14)16(3)13-19(21)20-18-8-6-4-5-7-15(18)2/h5-13H,4H2,1-3H3,(H,20,21)/b16-13+. The molecule has 0 saturated carbocycles. The fraction of sp³-hybridized carbons (Fsp3) is 0.211. The van der Waals surface area contributed by atoms with Gasteiger partial charge in [0, 0.05) is 11.8 Å². The molecule has 21 heavy (non-hydrogen) atoms. The van der Waals surface area contributed by atoms with Crippen molar-refractivity contribution in [2.75, 3.05) is 0 Å². The van der Waals surface area contributed by atoms with Crippen LogP contribution in [0.2, 0.25) is 0 Å². The van der Waals surface area contributed by atoms with Crippen LogP contribution in [0.5, 0.6) is 0 Å². The minimum absolute atomic E-state index is 0.0950. The Hall–Kier alpha value is -2.35. The molecule has 0 heterocycles. The monoisotopic (exact) mass is 279 g/mol. The van der Waals surface area contributed by atoms with Gasteiger partial charge in [-0.1, -0.05) is 48.1 Å². The first-order valence-corrected chi connectivity index (χ1v) is 7.16. The maximum Gasteiger partial charge on any atom is 0.248 e. The minimum Gasteiger partial charge on any atom is -0.322 e. The predicted octanol–water partition coefficient (Wildman–Crippen LogP) is 4.30. The molecule has 2 nitrogen and oxygen atoms in total. The zero-order chi connectivity index (χ0) is 15.2. The van der Waals surface area contributed by atoms with Gasteiger partial charge in [-0.15, -0.1) is 0 Å². The van der Waals surface area contributed by atoms with E-state index in [0.717, 1.165) is 28.8 Å². The lowest BCUT2D eigenvalue weighted by molar-refractivity contribution is -0.115. The number of aryl methyl sites for hydroxylation is 1. The molecule has 0 saturated heterocycles. The summed E-state index contributed by atoms with van der Waals surface area (Å²) in [4.78, 5) is 12.1. The van der Waals surface area contributed by atoms with Gasteiger partial charge in [0.2, 0.25) is 5.91 Å². The molecule has 1 aromatic rings. The molecule has 1 aromatic carbocycles. The van der Waals surface area contributed by atoms with Crippen molar-refractivity contribution in [3.05, 3.63) is 77.0 Å². The lowest BCUT2D eigenvalue weighted by Crippen LogP contribution is -2.20. The number of hydrogen-bond donors (Lipinski definition) is 1. The SMILES string of the molecule is CC1=C(NC(=O)/C=C(\C)c2ccc(C)cc2)C=CCC=C1. The Kier molecular flexibility index (Phi) is 4.94. The van der Waals surface area contributed by atoms with Crippen LogP contribution >= 0.6 is 0 Å². The van der Waals surface area contributed by atoms with Gasteiger partial charge >= 0.3 is 0 Å². The number of hydrogen-bond acceptors (Lipinski definition) is 1. The van der Waals surface area contributed by atoms with Crippen molar-refractivity contribution in [2.24, 2.45) is 0 Å². The van der Waals surface area contributed by atoms with Gasteiger partial charge in [-0.25, -0.2) is 0 Å². The number of nitrogens with one attached hydrogen (secondary N) is 1. The average molecular weight is 279 g/mol. The van der Waals surface area contributed by atoms with Crippen LogP contribution in [0.1, 0.15) is 31.4 Å². The molecule has 1 aliphatic rings. The Labute approximate surface area is 126 Å². The van der Waals surface area contributed by atoms with Gasteiger partial charge in [0.05, 0.1) is 0 Å². The number of carbonyl (C=O) groups is 1. The molecular formula is C19H21NO. The fourth-order valence-corrected chi connectivity index (χ4v) is 2.14. The van der Waals surface area contributed by atoms with E-state index in [-0.39, 0.29) is 5.91 Å². The molecule has 0 radical (unpaired) electrons. The Morgan fingerprint density at radius 2 is 1.76 bits per heavy atom. The quantitative estimate of drug-likeness (QED) is 0.821. The maximum atomic E-state index is 12.1. The summed E-state index contributed by atoms with van der Waals surface area (Å²) in [6.07, 6.45) is 10.7. The average Bonchev–Trinajstić information content (AvgIpc) is 2.65. The van der Waals surface area contributed by atoms with Crippen LogP contribution in [0.4, 0.5) is 0 Å². The van der Waals surface area contributed by atoms with Crippen molar-refractivity contribution in [1.29, 1.82) is 0 Å². The summed E-state index contributed by atoms with van der Waals surface area (Å²) in [6.45, 7) is 6.00. The maximum absolute atomic E-state index is 12.1. The summed E-state index contributed by atoms with van der Waals surface area (Å²) >= 11 is 0. The van der Waals surface area contributed by atoms with E-state index < -0.39 is 0 Å². The smallest absolute Gasteiger partial charge is 0.248 e. The minimum atomic E-state index is -0.0950. The van der Waals surface area contributed by atoms with Gasteiger partial charge in [-0.05, 0) is 50.0 Å². The van der Waals surface area contributed by atoms with E-state index in [9.17, 15) is 4.79 Å². The van der Waals surface area contributed by atoms with Crippen LogP contribution in [0.15, 0.2) is 65.9 Å². The molecule has 0 aliphatic heterocycles. The molecule has 0 fully saturated rings. The lowest BCUT2D eigenvalue weighted by atomic mass is 10.1. The van der Waals surface area contributed by atoms with E-state index in [1.165, 1.54) is 5.56 Å². The first kappa shape index (κ1) is 15.0. The summed E-state index contributed by atoms with van der Waals surface area (Å²) < 4.78 is 0. The van der Waals surface area contributed by atoms with Crippen LogP contribution < -0.4 is 5.32 Å². The molecule has 0 aromatic heterocycles. The molecule has 2 heteroatoms. The number of rotatable bonds is 3. The zero-order valence-electron chi connectivity index (χ0n) is 12.8. The van der Waals surface area contributed by atoms with Gasteiger partial charge in [-0.2, -0.15) is 0 Å². The molecule has 0 spiro atoms. The number of allylic oxidation sites excluding steroid dienone is 6. The largest absolute Gasteiger partial charge is 0.322 e. The van der Waals surface area contributed by atoms with Gasteiger partial charge < -0.3 is 5.32 Å². The molecule has 1 N–H and O–H groups in total.